The van der Waals surface area contributed by atoms with Crippen molar-refractivity contribution in [1.82, 2.24) is 0 Å². The van der Waals surface area contributed by atoms with Gasteiger partial charge in [0.25, 0.3) is 10.0 Å². The fraction of sp³-hybridized carbons (Fsp3) is 0.632. The zero-order valence-electron chi connectivity index (χ0n) is 14.7. The number of halogens is 1. The molecule has 6 heteroatoms. The SMILES string of the molecule is Cc1ccc(S(=O)(=O)/N=C2/CCC[C@](CI)(C3CCCCC3)O2)cc1. The molecule has 1 saturated heterocycles. The number of ether oxygens (including phenoxy) is 1. The van der Waals surface area contributed by atoms with Crippen LogP contribution in [0.4, 0.5) is 0 Å². The van der Waals surface area contributed by atoms with Gasteiger partial charge in [-0.3, -0.25) is 0 Å². The lowest BCUT2D eigenvalue weighted by Crippen LogP contribution is -2.47. The first-order chi connectivity index (χ1) is 12.0. The van der Waals surface area contributed by atoms with Crippen LogP contribution in [0.5, 0.6) is 0 Å². The fourth-order valence-electron chi connectivity index (χ4n) is 3.96. The molecule has 1 atom stereocenters. The van der Waals surface area contributed by atoms with E-state index in [4.69, 9.17) is 4.74 Å². The second-order valence-electron chi connectivity index (χ2n) is 7.26. The number of benzene rings is 1. The van der Waals surface area contributed by atoms with Gasteiger partial charge in [0.15, 0.2) is 0 Å². The third-order valence-corrected chi connectivity index (χ3v) is 8.03. The molecule has 1 aliphatic carbocycles. The molecule has 2 fully saturated rings. The van der Waals surface area contributed by atoms with Gasteiger partial charge < -0.3 is 4.74 Å². The Kier molecular flexibility index (Phi) is 6.08. The Labute approximate surface area is 164 Å². The first kappa shape index (κ1) is 19.1. The van der Waals surface area contributed by atoms with Crippen LogP contribution in [0.2, 0.25) is 0 Å². The van der Waals surface area contributed by atoms with Crippen molar-refractivity contribution in [2.75, 3.05) is 4.43 Å². The van der Waals surface area contributed by atoms with Crippen molar-refractivity contribution >= 4 is 38.5 Å². The predicted molar refractivity (Wildman–Crippen MR) is 109 cm³/mol. The zero-order valence-corrected chi connectivity index (χ0v) is 17.7. The van der Waals surface area contributed by atoms with Gasteiger partial charge in [0.05, 0.1) is 4.90 Å². The van der Waals surface area contributed by atoms with E-state index in [1.165, 1.54) is 32.1 Å². The van der Waals surface area contributed by atoms with Gasteiger partial charge in [-0.15, -0.1) is 4.40 Å². The van der Waals surface area contributed by atoms with E-state index in [0.717, 1.165) is 22.8 Å². The Morgan fingerprint density at radius 2 is 1.84 bits per heavy atom. The van der Waals surface area contributed by atoms with E-state index < -0.39 is 10.0 Å². The Bertz CT molecular complexity index is 724. The van der Waals surface area contributed by atoms with Crippen LogP contribution in [0.15, 0.2) is 33.6 Å². The average Bonchev–Trinajstić information content (AvgIpc) is 2.62. The maximum Gasteiger partial charge on any atom is 0.285 e. The molecule has 1 saturated carbocycles. The lowest BCUT2D eigenvalue weighted by molar-refractivity contribution is -0.0195. The molecular weight excluding hydrogens is 449 g/mol. The summed E-state index contributed by atoms with van der Waals surface area (Å²) < 4.78 is 36.5. The van der Waals surface area contributed by atoms with Crippen LogP contribution in [0.1, 0.15) is 56.9 Å². The Morgan fingerprint density at radius 1 is 1.16 bits per heavy atom. The molecule has 2 aliphatic rings. The molecule has 138 valence electrons. The van der Waals surface area contributed by atoms with E-state index in [1.54, 1.807) is 24.3 Å². The molecule has 4 nitrogen and oxygen atoms in total. The Balaban J connectivity index is 1.84. The van der Waals surface area contributed by atoms with Gasteiger partial charge in [0, 0.05) is 10.8 Å². The number of hydrogen-bond donors (Lipinski definition) is 0. The van der Waals surface area contributed by atoms with Crippen molar-refractivity contribution in [2.24, 2.45) is 10.3 Å². The van der Waals surface area contributed by atoms with Gasteiger partial charge in [0.1, 0.15) is 5.60 Å². The standard InChI is InChI=1S/C19H26INO3S/c1-15-9-11-17(12-10-15)25(22,23)21-18-8-5-13-19(14-20,24-18)16-6-3-2-4-7-16/h9-12,16H,2-8,13-14H2,1H3/b21-18-/t19-/m0/s1. The minimum atomic E-state index is -3.71. The maximum atomic E-state index is 12.6. The number of nitrogens with zero attached hydrogens (tertiary/aromatic N) is 1. The third kappa shape index (κ3) is 4.38. The number of aryl methyl sites for hydroxylation is 1. The van der Waals surface area contributed by atoms with Crippen molar-refractivity contribution in [3.8, 4) is 0 Å². The molecule has 0 unspecified atom stereocenters. The normalized spacial score (nSPS) is 27.2. The summed E-state index contributed by atoms with van der Waals surface area (Å²) in [5, 5.41) is 0. The summed E-state index contributed by atoms with van der Waals surface area (Å²) in [4.78, 5) is 0.234. The van der Waals surface area contributed by atoms with Crippen LogP contribution in [0, 0.1) is 12.8 Å². The maximum absolute atomic E-state index is 12.6. The lowest BCUT2D eigenvalue weighted by atomic mass is 9.74. The molecule has 0 aromatic heterocycles. The van der Waals surface area contributed by atoms with Gasteiger partial charge >= 0.3 is 0 Å². The average molecular weight is 475 g/mol. The van der Waals surface area contributed by atoms with Crippen molar-refractivity contribution < 1.29 is 13.2 Å². The number of sulfonamides is 1. The van der Waals surface area contributed by atoms with E-state index in [0.29, 0.717) is 18.2 Å². The van der Waals surface area contributed by atoms with Crippen molar-refractivity contribution in [3.05, 3.63) is 29.8 Å². The van der Waals surface area contributed by atoms with Gasteiger partial charge in [-0.25, -0.2) is 0 Å². The molecule has 0 spiro atoms. The zero-order chi connectivity index (χ0) is 17.9. The van der Waals surface area contributed by atoms with Crippen molar-refractivity contribution in [1.29, 1.82) is 0 Å². The minimum absolute atomic E-state index is 0.234. The second-order valence-corrected chi connectivity index (χ2v) is 9.63. The summed E-state index contributed by atoms with van der Waals surface area (Å²) in [6.45, 7) is 1.94. The van der Waals surface area contributed by atoms with E-state index in [9.17, 15) is 8.42 Å². The summed E-state index contributed by atoms with van der Waals surface area (Å²) in [7, 11) is -3.71. The molecule has 1 aliphatic heterocycles. The Morgan fingerprint density at radius 3 is 2.48 bits per heavy atom. The molecule has 0 radical (unpaired) electrons. The highest BCUT2D eigenvalue weighted by molar-refractivity contribution is 14.1. The van der Waals surface area contributed by atoms with E-state index >= 15 is 0 Å². The first-order valence-electron chi connectivity index (χ1n) is 9.11. The van der Waals surface area contributed by atoms with Gasteiger partial charge in [-0.05, 0) is 50.7 Å². The van der Waals surface area contributed by atoms with Crippen LogP contribution in [0.25, 0.3) is 0 Å². The van der Waals surface area contributed by atoms with Crippen molar-refractivity contribution in [3.63, 3.8) is 0 Å². The number of alkyl halides is 1. The number of hydrogen-bond acceptors (Lipinski definition) is 3. The molecule has 0 N–H and O–H groups in total. The molecule has 25 heavy (non-hydrogen) atoms. The summed E-state index contributed by atoms with van der Waals surface area (Å²) in [5.74, 6) is 0.916. The van der Waals surface area contributed by atoms with Crippen LogP contribution in [-0.2, 0) is 14.8 Å². The molecule has 1 aromatic rings. The number of rotatable bonds is 4. The largest absolute Gasteiger partial charge is 0.473 e. The van der Waals surface area contributed by atoms with Gasteiger partial charge in [0.2, 0.25) is 5.90 Å². The smallest absolute Gasteiger partial charge is 0.285 e. The third-order valence-electron chi connectivity index (χ3n) is 5.43. The van der Waals surface area contributed by atoms with Crippen LogP contribution >= 0.6 is 22.6 Å². The van der Waals surface area contributed by atoms with E-state index in [2.05, 4.69) is 27.0 Å². The second kappa shape index (κ2) is 7.94. The lowest BCUT2D eigenvalue weighted by Gasteiger charge is -2.44. The first-order valence-corrected chi connectivity index (χ1v) is 12.1. The molecule has 1 heterocycles. The fourth-order valence-corrected chi connectivity index (χ4v) is 6.10. The van der Waals surface area contributed by atoms with E-state index in [1.807, 2.05) is 6.92 Å². The molecule has 1 aromatic carbocycles. The van der Waals surface area contributed by atoms with Crippen LogP contribution in [0.3, 0.4) is 0 Å². The highest BCUT2D eigenvalue weighted by atomic mass is 127. The molecule has 0 bridgehead atoms. The highest BCUT2D eigenvalue weighted by Gasteiger charge is 2.43. The predicted octanol–water partition coefficient (Wildman–Crippen LogP) is 5.04. The topological polar surface area (TPSA) is 55.7 Å². The summed E-state index contributed by atoms with van der Waals surface area (Å²) in [6.07, 6.45) is 8.72. The molecular formula is C19H26INO3S. The highest BCUT2D eigenvalue weighted by Crippen LogP contribution is 2.42. The molecule has 3 rings (SSSR count). The Hall–Kier alpha value is -0.630. The summed E-state index contributed by atoms with van der Waals surface area (Å²) in [6, 6.07) is 6.83. The van der Waals surface area contributed by atoms with Gasteiger partial charge in [-0.2, -0.15) is 8.42 Å². The van der Waals surface area contributed by atoms with Crippen molar-refractivity contribution in [2.45, 2.75) is 68.8 Å². The van der Waals surface area contributed by atoms with Crippen LogP contribution < -0.4 is 0 Å². The quantitative estimate of drug-likeness (QED) is 0.453. The van der Waals surface area contributed by atoms with E-state index in [-0.39, 0.29) is 10.5 Å². The minimum Gasteiger partial charge on any atom is -0.473 e. The summed E-state index contributed by atoms with van der Waals surface area (Å²) in [5.41, 5.74) is 0.794. The van der Waals surface area contributed by atoms with Gasteiger partial charge in [-0.1, -0.05) is 59.5 Å². The molecule has 0 amide bonds. The monoisotopic (exact) mass is 475 g/mol. The summed E-state index contributed by atoms with van der Waals surface area (Å²) >= 11 is 2.39. The van der Waals surface area contributed by atoms with Crippen LogP contribution in [-0.4, -0.2) is 24.3 Å².